The van der Waals surface area contributed by atoms with Crippen molar-refractivity contribution in [3.63, 3.8) is 0 Å². The molecular formula is C30H32ClN3O4. The Balaban J connectivity index is 1.53. The molecule has 0 radical (unpaired) electrons. The van der Waals surface area contributed by atoms with E-state index in [1.165, 1.54) is 0 Å². The van der Waals surface area contributed by atoms with Crippen molar-refractivity contribution in [3.8, 4) is 0 Å². The average molecular weight is 534 g/mol. The highest BCUT2D eigenvalue weighted by Gasteiger charge is 2.33. The maximum atomic E-state index is 13.2. The van der Waals surface area contributed by atoms with Gasteiger partial charge in [-0.3, -0.25) is 14.4 Å². The van der Waals surface area contributed by atoms with Crippen LogP contribution in [0.5, 0.6) is 0 Å². The summed E-state index contributed by atoms with van der Waals surface area (Å²) in [7, 11) is 0. The zero-order valence-corrected chi connectivity index (χ0v) is 22.5. The van der Waals surface area contributed by atoms with Gasteiger partial charge in [-0.15, -0.1) is 0 Å². The molecule has 0 bridgehead atoms. The van der Waals surface area contributed by atoms with Crippen molar-refractivity contribution in [2.45, 2.75) is 52.1 Å². The molecule has 2 amide bonds. The third-order valence-corrected chi connectivity index (χ3v) is 7.22. The standard InChI is InChI=1S/C30H32ClN3O4/c1-18(30(37)38)4-5-21-6-11-25(12-7-21)33-29(36)22-8-15-28-26(17-22)27(16-19(2)34(28)20(3)35)32-24-13-9-23(31)10-14-24/h6-15,17-19,27,32H,4-5,16H2,1-3H3,(H,33,36)(H,37,38). The molecule has 3 unspecified atom stereocenters. The first-order valence-electron chi connectivity index (χ1n) is 12.7. The van der Waals surface area contributed by atoms with Gasteiger partial charge in [-0.1, -0.05) is 30.7 Å². The van der Waals surface area contributed by atoms with E-state index in [-0.39, 0.29) is 23.9 Å². The number of carbonyl (C=O) groups excluding carboxylic acids is 2. The Labute approximate surface area is 227 Å². The summed E-state index contributed by atoms with van der Waals surface area (Å²) in [5.74, 6) is -1.50. The molecule has 1 aliphatic heterocycles. The monoisotopic (exact) mass is 533 g/mol. The SMILES string of the molecule is CC(=O)N1c2ccc(C(=O)Nc3ccc(CCC(C)C(=O)O)cc3)cc2C(Nc2ccc(Cl)cc2)CC1C. The van der Waals surface area contributed by atoms with Gasteiger partial charge < -0.3 is 20.6 Å². The number of hydrogen-bond donors (Lipinski definition) is 3. The second-order valence-electron chi connectivity index (χ2n) is 9.88. The van der Waals surface area contributed by atoms with Gasteiger partial charge >= 0.3 is 5.97 Å². The number of carboxylic acid groups (broad SMARTS) is 1. The summed E-state index contributed by atoms with van der Waals surface area (Å²) in [5.41, 5.74) is 4.73. The van der Waals surface area contributed by atoms with Crippen LogP contribution in [0.4, 0.5) is 17.1 Å². The van der Waals surface area contributed by atoms with E-state index in [1.807, 2.05) is 67.6 Å². The van der Waals surface area contributed by atoms with Crippen LogP contribution in [-0.2, 0) is 16.0 Å². The van der Waals surface area contributed by atoms with E-state index in [0.29, 0.717) is 35.5 Å². The quantitative estimate of drug-likeness (QED) is 0.305. The molecule has 0 spiro atoms. The number of fused-ring (bicyclic) bond motifs is 1. The maximum Gasteiger partial charge on any atom is 0.306 e. The third kappa shape index (κ3) is 6.34. The number of carboxylic acids is 1. The van der Waals surface area contributed by atoms with Crippen molar-refractivity contribution in [2.75, 3.05) is 15.5 Å². The number of nitrogens with one attached hydrogen (secondary N) is 2. The van der Waals surface area contributed by atoms with Crippen LogP contribution in [0.25, 0.3) is 0 Å². The van der Waals surface area contributed by atoms with Crippen molar-refractivity contribution in [1.29, 1.82) is 0 Å². The number of amides is 2. The van der Waals surface area contributed by atoms with Crippen molar-refractivity contribution in [3.05, 3.63) is 88.4 Å². The largest absolute Gasteiger partial charge is 0.481 e. The fourth-order valence-corrected chi connectivity index (χ4v) is 4.96. The van der Waals surface area contributed by atoms with Crippen LogP contribution < -0.4 is 15.5 Å². The highest BCUT2D eigenvalue weighted by Crippen LogP contribution is 2.40. The third-order valence-electron chi connectivity index (χ3n) is 6.97. The van der Waals surface area contributed by atoms with Crippen LogP contribution in [-0.4, -0.2) is 28.9 Å². The van der Waals surface area contributed by atoms with Crippen LogP contribution in [0.1, 0.15) is 61.1 Å². The van der Waals surface area contributed by atoms with E-state index in [9.17, 15) is 14.4 Å². The lowest BCUT2D eigenvalue weighted by atomic mass is 9.90. The number of aryl methyl sites for hydroxylation is 1. The number of hydrogen-bond acceptors (Lipinski definition) is 4. The Morgan fingerprint density at radius 3 is 2.32 bits per heavy atom. The normalized spacial score (nSPS) is 17.3. The topological polar surface area (TPSA) is 98.7 Å². The number of anilines is 3. The molecular weight excluding hydrogens is 502 g/mol. The number of rotatable bonds is 8. The Kier molecular flexibility index (Phi) is 8.37. The van der Waals surface area contributed by atoms with Gasteiger partial charge in [0, 0.05) is 40.6 Å². The molecule has 3 N–H and O–H groups in total. The second kappa shape index (κ2) is 11.7. The van der Waals surface area contributed by atoms with Gasteiger partial charge in [-0.2, -0.15) is 0 Å². The van der Waals surface area contributed by atoms with Crippen LogP contribution in [0.15, 0.2) is 66.7 Å². The van der Waals surface area contributed by atoms with Crippen LogP contribution in [0.2, 0.25) is 5.02 Å². The second-order valence-corrected chi connectivity index (χ2v) is 10.3. The summed E-state index contributed by atoms with van der Waals surface area (Å²) in [6, 6.07) is 20.2. The number of aliphatic carboxylic acids is 1. The van der Waals surface area contributed by atoms with Gasteiger partial charge in [0.25, 0.3) is 5.91 Å². The Hall–Kier alpha value is -3.84. The first-order valence-corrected chi connectivity index (χ1v) is 13.1. The smallest absolute Gasteiger partial charge is 0.306 e. The summed E-state index contributed by atoms with van der Waals surface area (Å²) < 4.78 is 0. The fraction of sp³-hybridized carbons (Fsp3) is 0.300. The van der Waals surface area contributed by atoms with Crippen molar-refractivity contribution < 1.29 is 19.5 Å². The van der Waals surface area contributed by atoms with Crippen LogP contribution >= 0.6 is 11.6 Å². The van der Waals surface area contributed by atoms with Crippen molar-refractivity contribution in [2.24, 2.45) is 5.92 Å². The summed E-state index contributed by atoms with van der Waals surface area (Å²) in [6.45, 7) is 5.27. The van der Waals surface area contributed by atoms with Gasteiger partial charge in [-0.25, -0.2) is 0 Å². The average Bonchev–Trinajstić information content (AvgIpc) is 2.88. The minimum absolute atomic E-state index is 0.0125. The lowest BCUT2D eigenvalue weighted by Crippen LogP contribution is -2.43. The van der Waals surface area contributed by atoms with Crippen molar-refractivity contribution in [1.82, 2.24) is 0 Å². The summed E-state index contributed by atoms with van der Waals surface area (Å²) in [5, 5.41) is 16.2. The van der Waals surface area contributed by atoms with Crippen LogP contribution in [0, 0.1) is 5.92 Å². The molecule has 4 rings (SSSR count). The Morgan fingerprint density at radius 1 is 1.03 bits per heavy atom. The Bertz CT molecular complexity index is 1320. The first-order chi connectivity index (χ1) is 18.1. The van der Waals surface area contributed by atoms with Gasteiger partial charge in [0.1, 0.15) is 0 Å². The zero-order valence-electron chi connectivity index (χ0n) is 21.7. The number of carbonyl (C=O) groups is 3. The molecule has 0 fully saturated rings. The van der Waals surface area contributed by atoms with E-state index in [2.05, 4.69) is 10.6 Å². The molecule has 198 valence electrons. The molecule has 0 aliphatic carbocycles. The molecule has 3 atom stereocenters. The molecule has 0 saturated heterocycles. The highest BCUT2D eigenvalue weighted by atomic mass is 35.5. The number of nitrogens with zero attached hydrogens (tertiary/aromatic N) is 1. The lowest BCUT2D eigenvalue weighted by molar-refractivity contribution is -0.141. The van der Waals surface area contributed by atoms with Gasteiger partial charge in [0.15, 0.2) is 0 Å². The molecule has 1 aliphatic rings. The van der Waals surface area contributed by atoms with E-state index < -0.39 is 11.9 Å². The van der Waals surface area contributed by atoms with Gasteiger partial charge in [-0.05, 0) is 91.9 Å². The molecule has 8 heteroatoms. The van der Waals surface area contributed by atoms with E-state index in [4.69, 9.17) is 16.7 Å². The molecule has 0 aromatic heterocycles. The molecule has 1 heterocycles. The van der Waals surface area contributed by atoms with Crippen molar-refractivity contribution >= 4 is 46.4 Å². The van der Waals surface area contributed by atoms with E-state index >= 15 is 0 Å². The predicted octanol–water partition coefficient (Wildman–Crippen LogP) is 6.54. The molecule has 7 nitrogen and oxygen atoms in total. The summed E-state index contributed by atoms with van der Waals surface area (Å²) >= 11 is 6.05. The maximum absolute atomic E-state index is 13.2. The van der Waals surface area contributed by atoms with Gasteiger partial charge in [0.05, 0.1) is 12.0 Å². The summed E-state index contributed by atoms with van der Waals surface area (Å²) in [4.78, 5) is 38.4. The highest BCUT2D eigenvalue weighted by molar-refractivity contribution is 6.30. The predicted molar refractivity (Wildman–Crippen MR) is 151 cm³/mol. The zero-order chi connectivity index (χ0) is 27.4. The first kappa shape index (κ1) is 27.2. The number of benzene rings is 3. The lowest BCUT2D eigenvalue weighted by Gasteiger charge is -2.39. The molecule has 0 saturated carbocycles. The molecule has 3 aromatic carbocycles. The number of halogens is 1. The molecule has 38 heavy (non-hydrogen) atoms. The van der Waals surface area contributed by atoms with E-state index in [1.54, 1.807) is 24.8 Å². The summed E-state index contributed by atoms with van der Waals surface area (Å²) in [6.07, 6.45) is 1.89. The minimum Gasteiger partial charge on any atom is -0.481 e. The minimum atomic E-state index is -0.801. The van der Waals surface area contributed by atoms with Crippen LogP contribution in [0.3, 0.4) is 0 Å². The van der Waals surface area contributed by atoms with E-state index in [0.717, 1.165) is 22.5 Å². The Morgan fingerprint density at radius 2 is 1.68 bits per heavy atom. The molecule has 3 aromatic rings. The fourth-order valence-electron chi connectivity index (χ4n) is 4.83. The van der Waals surface area contributed by atoms with Gasteiger partial charge in [0.2, 0.25) is 5.91 Å².